The summed E-state index contributed by atoms with van der Waals surface area (Å²) in [5, 5.41) is 0. The largest absolute Gasteiger partial charge is 0.229 e. The number of hydrogen-bond donors (Lipinski definition) is 0. The minimum atomic E-state index is 0.601. The zero-order valence-electron chi connectivity index (χ0n) is 16.9. The summed E-state index contributed by atoms with van der Waals surface area (Å²) in [6.07, 6.45) is 15.6. The normalized spacial score (nSPS) is 19.3. The van der Waals surface area contributed by atoms with Crippen molar-refractivity contribution < 1.29 is 0 Å². The first-order valence-electron chi connectivity index (χ1n) is 10.7. The molecule has 0 amide bonds. The molecule has 0 spiro atoms. The third kappa shape index (κ3) is 5.93. The molecule has 0 saturated heterocycles. The summed E-state index contributed by atoms with van der Waals surface area (Å²) in [6, 6.07) is 8.84. The number of aryl methyl sites for hydroxylation is 1. The van der Waals surface area contributed by atoms with E-state index in [1.54, 1.807) is 0 Å². The number of benzene rings is 1. The molecule has 0 radical (unpaired) electrons. The van der Waals surface area contributed by atoms with Crippen LogP contribution < -0.4 is 0 Å². The van der Waals surface area contributed by atoms with Gasteiger partial charge in [0.25, 0.3) is 0 Å². The summed E-state index contributed by atoms with van der Waals surface area (Å²) >= 11 is 0. The molecule has 142 valence electrons. The lowest BCUT2D eigenvalue weighted by atomic mass is 9.77. The number of hydrogen-bond acceptors (Lipinski definition) is 2. The van der Waals surface area contributed by atoms with Gasteiger partial charge in [-0.05, 0) is 73.1 Å². The zero-order valence-corrected chi connectivity index (χ0v) is 16.9. The third-order valence-electron chi connectivity index (χ3n) is 5.76. The average Bonchev–Trinajstić information content (AvgIpc) is 2.73. The van der Waals surface area contributed by atoms with Crippen molar-refractivity contribution in [2.24, 2.45) is 5.92 Å². The molecule has 0 aliphatic heterocycles. The van der Waals surface area contributed by atoms with Crippen LogP contribution in [-0.2, 0) is 6.42 Å². The molecule has 1 heterocycles. The van der Waals surface area contributed by atoms with Crippen LogP contribution >= 0.6 is 0 Å². The SMILES string of the molecule is CCCCC1CCC(c2ccc(C#Cc3ncc(CCC)cn3)cc2)CC1. The first kappa shape index (κ1) is 19.6. The Balaban J connectivity index is 1.55. The summed E-state index contributed by atoms with van der Waals surface area (Å²) in [6.45, 7) is 4.46. The van der Waals surface area contributed by atoms with E-state index < -0.39 is 0 Å². The molecule has 1 aromatic carbocycles. The monoisotopic (exact) mass is 360 g/mol. The van der Waals surface area contributed by atoms with E-state index in [9.17, 15) is 0 Å². The van der Waals surface area contributed by atoms with Crippen molar-refractivity contribution in [2.75, 3.05) is 0 Å². The second-order valence-electron chi connectivity index (χ2n) is 7.90. The van der Waals surface area contributed by atoms with Crippen LogP contribution in [-0.4, -0.2) is 9.97 Å². The molecule has 1 fully saturated rings. The molecule has 3 rings (SSSR count). The maximum absolute atomic E-state index is 4.35. The lowest BCUT2D eigenvalue weighted by molar-refractivity contribution is 0.304. The molecule has 1 aliphatic carbocycles. The molecule has 1 aromatic heterocycles. The maximum Gasteiger partial charge on any atom is 0.205 e. The molecule has 27 heavy (non-hydrogen) atoms. The Morgan fingerprint density at radius 3 is 2.22 bits per heavy atom. The van der Waals surface area contributed by atoms with Gasteiger partial charge in [-0.15, -0.1) is 0 Å². The summed E-state index contributed by atoms with van der Waals surface area (Å²) < 4.78 is 0. The molecule has 2 heteroatoms. The van der Waals surface area contributed by atoms with Crippen LogP contribution in [0.5, 0.6) is 0 Å². The van der Waals surface area contributed by atoms with E-state index in [1.807, 2.05) is 12.4 Å². The predicted octanol–water partition coefficient (Wildman–Crippen LogP) is 6.29. The van der Waals surface area contributed by atoms with Gasteiger partial charge in [0.15, 0.2) is 0 Å². The molecular weight excluding hydrogens is 328 g/mol. The summed E-state index contributed by atoms with van der Waals surface area (Å²) in [7, 11) is 0. The lowest BCUT2D eigenvalue weighted by Crippen LogP contribution is -2.13. The predicted molar refractivity (Wildman–Crippen MR) is 113 cm³/mol. The Hall–Kier alpha value is -2.14. The van der Waals surface area contributed by atoms with Gasteiger partial charge in [0.1, 0.15) is 0 Å². The van der Waals surface area contributed by atoms with Crippen molar-refractivity contribution in [2.45, 2.75) is 77.6 Å². The number of unbranched alkanes of at least 4 members (excludes halogenated alkanes) is 1. The van der Waals surface area contributed by atoms with Gasteiger partial charge in [-0.25, -0.2) is 9.97 Å². The zero-order chi connectivity index (χ0) is 18.9. The van der Waals surface area contributed by atoms with E-state index in [2.05, 4.69) is 59.9 Å². The van der Waals surface area contributed by atoms with Crippen LogP contribution in [0, 0.1) is 17.8 Å². The average molecular weight is 361 g/mol. The van der Waals surface area contributed by atoms with Gasteiger partial charge in [0, 0.05) is 18.0 Å². The van der Waals surface area contributed by atoms with Crippen molar-refractivity contribution in [1.82, 2.24) is 9.97 Å². The first-order chi connectivity index (χ1) is 13.3. The first-order valence-corrected chi connectivity index (χ1v) is 10.7. The van der Waals surface area contributed by atoms with Crippen LogP contribution in [0.2, 0.25) is 0 Å². The van der Waals surface area contributed by atoms with E-state index in [4.69, 9.17) is 0 Å². The standard InChI is InChI=1S/C25H32N2/c1-3-5-7-20-8-13-23(14-9-20)24-15-10-21(11-16-24)12-17-25-26-18-22(6-4-2)19-27-25/h10-11,15-16,18-20,23H,3-9,13-14H2,1-2H3. The van der Waals surface area contributed by atoms with Gasteiger partial charge in [0.05, 0.1) is 0 Å². The van der Waals surface area contributed by atoms with Gasteiger partial charge in [-0.3, -0.25) is 0 Å². The number of nitrogens with zero attached hydrogens (tertiary/aromatic N) is 2. The highest BCUT2D eigenvalue weighted by molar-refractivity contribution is 5.40. The second-order valence-corrected chi connectivity index (χ2v) is 7.90. The fourth-order valence-corrected chi connectivity index (χ4v) is 4.08. The molecule has 0 N–H and O–H groups in total. The molecule has 2 aromatic rings. The molecule has 1 saturated carbocycles. The van der Waals surface area contributed by atoms with Crippen molar-refractivity contribution in [3.05, 3.63) is 59.2 Å². The highest BCUT2D eigenvalue weighted by atomic mass is 14.8. The topological polar surface area (TPSA) is 25.8 Å². The Bertz CT molecular complexity index is 742. The van der Waals surface area contributed by atoms with Gasteiger partial charge < -0.3 is 0 Å². The van der Waals surface area contributed by atoms with Crippen molar-refractivity contribution in [1.29, 1.82) is 0 Å². The van der Waals surface area contributed by atoms with Gasteiger partial charge in [0.2, 0.25) is 5.82 Å². The maximum atomic E-state index is 4.35. The Kier molecular flexibility index (Phi) is 7.45. The fourth-order valence-electron chi connectivity index (χ4n) is 4.08. The molecule has 0 bridgehead atoms. The van der Waals surface area contributed by atoms with E-state index >= 15 is 0 Å². The van der Waals surface area contributed by atoms with Crippen LogP contribution in [0.15, 0.2) is 36.7 Å². The second kappa shape index (κ2) is 10.3. The van der Waals surface area contributed by atoms with Crippen LogP contribution in [0.4, 0.5) is 0 Å². The number of aromatic nitrogens is 2. The Morgan fingerprint density at radius 2 is 1.59 bits per heavy atom. The van der Waals surface area contributed by atoms with Crippen LogP contribution in [0.25, 0.3) is 0 Å². The summed E-state index contributed by atoms with van der Waals surface area (Å²) in [5.74, 6) is 8.58. The van der Waals surface area contributed by atoms with E-state index in [-0.39, 0.29) is 0 Å². The van der Waals surface area contributed by atoms with Crippen LogP contribution in [0.1, 0.15) is 93.6 Å². The molecule has 0 unspecified atom stereocenters. The quantitative estimate of drug-likeness (QED) is 0.565. The molecule has 1 aliphatic rings. The van der Waals surface area contributed by atoms with Gasteiger partial charge >= 0.3 is 0 Å². The van der Waals surface area contributed by atoms with E-state index in [1.165, 1.54) is 56.1 Å². The molecule has 0 atom stereocenters. The van der Waals surface area contributed by atoms with Crippen molar-refractivity contribution >= 4 is 0 Å². The fraction of sp³-hybridized carbons (Fsp3) is 0.520. The lowest BCUT2D eigenvalue weighted by Gasteiger charge is -2.28. The van der Waals surface area contributed by atoms with Gasteiger partial charge in [-0.1, -0.05) is 57.6 Å². The highest BCUT2D eigenvalue weighted by Crippen LogP contribution is 2.37. The van der Waals surface area contributed by atoms with Crippen LogP contribution in [0.3, 0.4) is 0 Å². The highest BCUT2D eigenvalue weighted by Gasteiger charge is 2.21. The van der Waals surface area contributed by atoms with Crippen molar-refractivity contribution in [3.8, 4) is 11.8 Å². The smallest absolute Gasteiger partial charge is 0.205 e. The van der Waals surface area contributed by atoms with E-state index in [0.717, 1.165) is 30.2 Å². The third-order valence-corrected chi connectivity index (χ3v) is 5.76. The molecular formula is C25H32N2. The van der Waals surface area contributed by atoms with Crippen molar-refractivity contribution in [3.63, 3.8) is 0 Å². The van der Waals surface area contributed by atoms with E-state index in [0.29, 0.717) is 5.82 Å². The minimum Gasteiger partial charge on any atom is -0.229 e. The number of rotatable bonds is 6. The minimum absolute atomic E-state index is 0.601. The molecule has 2 nitrogen and oxygen atoms in total. The Labute approximate surface area is 164 Å². The van der Waals surface area contributed by atoms with Gasteiger partial charge in [-0.2, -0.15) is 0 Å². The summed E-state index contributed by atoms with van der Waals surface area (Å²) in [4.78, 5) is 8.69. The summed E-state index contributed by atoms with van der Waals surface area (Å²) in [5.41, 5.74) is 3.70. The Morgan fingerprint density at radius 1 is 0.889 bits per heavy atom.